The van der Waals surface area contributed by atoms with Gasteiger partial charge in [0.2, 0.25) is 0 Å². The van der Waals surface area contributed by atoms with Crippen LogP contribution >= 0.6 is 0 Å². The van der Waals surface area contributed by atoms with Crippen LogP contribution < -0.4 is 16.0 Å². The van der Waals surface area contributed by atoms with Gasteiger partial charge in [0.05, 0.1) is 13.2 Å². The van der Waals surface area contributed by atoms with Crippen molar-refractivity contribution < 1.29 is 9.53 Å². The Hall–Kier alpha value is -3.64. The maximum absolute atomic E-state index is 11.8. The molecule has 0 saturated heterocycles. The third kappa shape index (κ3) is 8.09. The van der Waals surface area contributed by atoms with E-state index in [0.717, 1.165) is 29.1 Å². The molecule has 3 rings (SSSR count). The topological polar surface area (TPSA) is 74.8 Å². The largest absolute Gasteiger partial charge is 0.372 e. The molecule has 0 aliphatic carbocycles. The molecule has 0 aromatic heterocycles. The Balaban J connectivity index is 1.43. The van der Waals surface area contributed by atoms with Crippen molar-refractivity contribution in [1.82, 2.24) is 16.0 Å². The first-order chi connectivity index (χ1) is 16.2. The summed E-state index contributed by atoms with van der Waals surface area (Å²) >= 11 is 0. The van der Waals surface area contributed by atoms with Gasteiger partial charge in [-0.05, 0) is 40.8 Å². The van der Waals surface area contributed by atoms with Gasteiger partial charge in [0.15, 0.2) is 5.96 Å². The molecule has 172 valence electrons. The Labute approximate surface area is 196 Å². The Morgan fingerprint density at radius 3 is 2.30 bits per heavy atom. The second-order valence-corrected chi connectivity index (χ2v) is 7.68. The second kappa shape index (κ2) is 13.0. The molecule has 0 radical (unpaired) electrons. The quantitative estimate of drug-likeness (QED) is 0.330. The molecule has 3 aromatic carbocycles. The maximum Gasteiger partial charge on any atom is 0.251 e. The summed E-state index contributed by atoms with van der Waals surface area (Å²) in [4.78, 5) is 16.1. The Kier molecular flexibility index (Phi) is 9.48. The molecule has 0 aliphatic heterocycles. The number of nitrogens with one attached hydrogen (secondary N) is 3. The van der Waals surface area contributed by atoms with Gasteiger partial charge in [0.1, 0.15) is 0 Å². The van der Waals surface area contributed by atoms with Crippen molar-refractivity contribution in [3.63, 3.8) is 0 Å². The van der Waals surface area contributed by atoms with Gasteiger partial charge in [-0.1, -0.05) is 66.7 Å². The maximum atomic E-state index is 11.8. The number of carbonyl (C=O) groups excluding carboxylic acids is 1. The van der Waals surface area contributed by atoms with Crippen LogP contribution in [0, 0.1) is 0 Å². The van der Waals surface area contributed by atoms with E-state index in [-0.39, 0.29) is 5.91 Å². The first-order valence-electron chi connectivity index (χ1n) is 11.1. The first kappa shape index (κ1) is 24.0. The average Bonchev–Trinajstić information content (AvgIpc) is 2.86. The molecule has 1 amide bonds. The van der Waals surface area contributed by atoms with E-state index in [2.05, 4.69) is 51.3 Å². The minimum atomic E-state index is -0.0741. The lowest BCUT2D eigenvalue weighted by Gasteiger charge is -2.13. The second-order valence-electron chi connectivity index (χ2n) is 7.68. The van der Waals surface area contributed by atoms with Crippen LogP contribution in [0.1, 0.15) is 32.6 Å². The molecule has 0 spiro atoms. The molecule has 0 aliphatic rings. The van der Waals surface area contributed by atoms with Crippen molar-refractivity contribution in [3.05, 3.63) is 107 Å². The molecule has 3 aromatic rings. The molecule has 0 unspecified atom stereocenters. The predicted octanol–water partition coefficient (Wildman–Crippen LogP) is 3.67. The molecule has 3 N–H and O–H groups in total. The molecule has 6 nitrogen and oxygen atoms in total. The van der Waals surface area contributed by atoms with Crippen molar-refractivity contribution in [1.29, 1.82) is 0 Å². The summed E-state index contributed by atoms with van der Waals surface area (Å²) in [5.41, 5.74) is 5.25. The van der Waals surface area contributed by atoms with Crippen LogP contribution in [0.3, 0.4) is 0 Å². The summed E-state index contributed by atoms with van der Waals surface area (Å²) in [6, 6.07) is 26.2. The van der Waals surface area contributed by atoms with Crippen LogP contribution in [-0.2, 0) is 30.9 Å². The smallest absolute Gasteiger partial charge is 0.251 e. The summed E-state index contributed by atoms with van der Waals surface area (Å²) in [7, 11) is 3.40. The highest BCUT2D eigenvalue weighted by atomic mass is 16.5. The van der Waals surface area contributed by atoms with Crippen LogP contribution in [0.25, 0.3) is 0 Å². The fraction of sp³-hybridized carbons (Fsp3) is 0.259. The van der Waals surface area contributed by atoms with E-state index in [1.807, 2.05) is 48.5 Å². The van der Waals surface area contributed by atoms with Crippen LogP contribution in [-0.4, -0.2) is 32.5 Å². The minimum absolute atomic E-state index is 0.0741. The standard InChI is InChI=1S/C27H32N4O2/c1-28-26(32)25-13-7-10-21(17-25)14-15-30-27(29-2)31-18-23-11-6-12-24(16-23)20-33-19-22-8-4-3-5-9-22/h3-13,16-17H,14-15,18-20H2,1-2H3,(H,28,32)(H2,29,30,31). The zero-order valence-electron chi connectivity index (χ0n) is 19.3. The molecule has 0 heterocycles. The van der Waals surface area contributed by atoms with Gasteiger partial charge in [-0.25, -0.2) is 0 Å². The summed E-state index contributed by atoms with van der Waals surface area (Å²) in [6.45, 7) is 2.55. The number of rotatable bonds is 10. The lowest BCUT2D eigenvalue weighted by atomic mass is 10.1. The lowest BCUT2D eigenvalue weighted by Crippen LogP contribution is -2.37. The number of ether oxygens (including phenoxy) is 1. The summed E-state index contributed by atoms with van der Waals surface area (Å²) in [5, 5.41) is 9.34. The highest BCUT2D eigenvalue weighted by molar-refractivity contribution is 5.94. The third-order valence-corrected chi connectivity index (χ3v) is 5.18. The zero-order valence-corrected chi connectivity index (χ0v) is 19.3. The molecular formula is C27H32N4O2. The SMILES string of the molecule is CN=C(NCCc1cccc(C(=O)NC)c1)NCc1cccc(COCc2ccccc2)c1. The normalized spacial score (nSPS) is 11.2. The number of hydrogen-bond acceptors (Lipinski definition) is 3. The van der Waals surface area contributed by atoms with Crippen molar-refractivity contribution in [2.24, 2.45) is 4.99 Å². The number of carbonyl (C=O) groups is 1. The molecular weight excluding hydrogens is 412 g/mol. The monoisotopic (exact) mass is 444 g/mol. The Morgan fingerprint density at radius 2 is 1.52 bits per heavy atom. The number of amides is 1. The zero-order chi connectivity index (χ0) is 23.3. The van der Waals surface area contributed by atoms with E-state index in [9.17, 15) is 4.79 Å². The molecule has 33 heavy (non-hydrogen) atoms. The highest BCUT2D eigenvalue weighted by Gasteiger charge is 2.05. The Morgan fingerprint density at radius 1 is 0.818 bits per heavy atom. The van der Waals surface area contributed by atoms with Crippen molar-refractivity contribution in [3.8, 4) is 0 Å². The van der Waals surface area contributed by atoms with Crippen LogP contribution in [0.15, 0.2) is 83.9 Å². The van der Waals surface area contributed by atoms with Gasteiger partial charge in [0.25, 0.3) is 5.91 Å². The van der Waals surface area contributed by atoms with Crippen molar-refractivity contribution >= 4 is 11.9 Å². The predicted molar refractivity (Wildman–Crippen MR) is 133 cm³/mol. The molecule has 0 atom stereocenters. The van der Waals surface area contributed by atoms with E-state index in [0.29, 0.717) is 31.9 Å². The van der Waals surface area contributed by atoms with Crippen LogP contribution in [0.2, 0.25) is 0 Å². The number of hydrogen-bond donors (Lipinski definition) is 3. The molecule has 0 bridgehead atoms. The van der Waals surface area contributed by atoms with E-state index in [1.54, 1.807) is 14.1 Å². The fourth-order valence-corrected chi connectivity index (χ4v) is 3.43. The Bertz CT molecular complexity index is 1050. The van der Waals surface area contributed by atoms with E-state index in [1.165, 1.54) is 5.56 Å². The van der Waals surface area contributed by atoms with Crippen LogP contribution in [0.5, 0.6) is 0 Å². The van der Waals surface area contributed by atoms with Crippen LogP contribution in [0.4, 0.5) is 0 Å². The van der Waals surface area contributed by atoms with E-state index >= 15 is 0 Å². The summed E-state index contributed by atoms with van der Waals surface area (Å²) in [6.07, 6.45) is 0.791. The summed E-state index contributed by atoms with van der Waals surface area (Å²) < 4.78 is 5.85. The van der Waals surface area contributed by atoms with E-state index in [4.69, 9.17) is 4.74 Å². The molecule has 6 heteroatoms. The number of aliphatic imine (C=N–C) groups is 1. The van der Waals surface area contributed by atoms with E-state index < -0.39 is 0 Å². The van der Waals surface area contributed by atoms with Gasteiger partial charge in [-0.3, -0.25) is 9.79 Å². The lowest BCUT2D eigenvalue weighted by molar-refractivity contribution is 0.0963. The van der Waals surface area contributed by atoms with Crippen molar-refractivity contribution in [2.45, 2.75) is 26.2 Å². The molecule has 0 fully saturated rings. The molecule has 0 saturated carbocycles. The number of benzene rings is 3. The first-order valence-corrected chi connectivity index (χ1v) is 11.1. The highest BCUT2D eigenvalue weighted by Crippen LogP contribution is 2.09. The van der Waals surface area contributed by atoms with Gasteiger partial charge in [-0.15, -0.1) is 0 Å². The third-order valence-electron chi connectivity index (χ3n) is 5.18. The van der Waals surface area contributed by atoms with Gasteiger partial charge in [0, 0.05) is 32.7 Å². The van der Waals surface area contributed by atoms with Crippen molar-refractivity contribution in [2.75, 3.05) is 20.6 Å². The number of nitrogens with zero attached hydrogens (tertiary/aromatic N) is 1. The van der Waals surface area contributed by atoms with Gasteiger partial charge in [-0.2, -0.15) is 0 Å². The minimum Gasteiger partial charge on any atom is -0.372 e. The average molecular weight is 445 g/mol. The number of guanidine groups is 1. The van der Waals surface area contributed by atoms with Gasteiger partial charge < -0.3 is 20.7 Å². The van der Waals surface area contributed by atoms with Gasteiger partial charge >= 0.3 is 0 Å². The summed E-state index contributed by atoms with van der Waals surface area (Å²) in [5.74, 6) is 0.665. The fourth-order valence-electron chi connectivity index (χ4n) is 3.43.